The first-order chi connectivity index (χ1) is 5.76. The predicted molar refractivity (Wildman–Crippen MR) is 53.1 cm³/mol. The van der Waals surface area contributed by atoms with Crippen LogP contribution in [0.4, 0.5) is 0 Å². The van der Waals surface area contributed by atoms with Gasteiger partial charge in [0.1, 0.15) is 0 Å². The molecule has 0 amide bonds. The lowest BCUT2D eigenvalue weighted by Gasteiger charge is -2.04. The fourth-order valence-corrected chi connectivity index (χ4v) is 0.443. The average Bonchev–Trinajstić information content (AvgIpc) is 2.14. The molecule has 0 unspecified atom stereocenters. The predicted octanol–water partition coefficient (Wildman–Crippen LogP) is 1.97. The summed E-state index contributed by atoms with van der Waals surface area (Å²) >= 11 is 0. The molecule has 0 aliphatic rings. The van der Waals surface area contributed by atoms with Crippen LogP contribution in [-0.4, -0.2) is 23.4 Å². The standard InChI is InChI=1S/C6H12O2.C4H10/c1-2-3-6(4-7)5-8;1-3-4-2/h2,6-8H,1,3-5H2;3-4H2,1-2H3. The highest BCUT2D eigenvalue weighted by Gasteiger charge is 2.00. The van der Waals surface area contributed by atoms with Crippen LogP contribution in [0.5, 0.6) is 0 Å². The molecule has 0 atom stereocenters. The first kappa shape index (κ1) is 14.2. The number of rotatable bonds is 5. The van der Waals surface area contributed by atoms with Gasteiger partial charge in [-0.2, -0.15) is 0 Å². The van der Waals surface area contributed by atoms with E-state index in [4.69, 9.17) is 10.2 Å². The highest BCUT2D eigenvalue weighted by molar-refractivity contribution is 4.71. The van der Waals surface area contributed by atoms with Gasteiger partial charge in [0.15, 0.2) is 0 Å². The number of aliphatic hydroxyl groups is 2. The Hall–Kier alpha value is -0.340. The second-order valence-electron chi connectivity index (χ2n) is 2.76. The van der Waals surface area contributed by atoms with Crippen molar-refractivity contribution in [2.75, 3.05) is 13.2 Å². The summed E-state index contributed by atoms with van der Waals surface area (Å²) in [6, 6.07) is 0. The zero-order chi connectivity index (χ0) is 9.82. The van der Waals surface area contributed by atoms with Gasteiger partial charge in [-0.3, -0.25) is 0 Å². The normalized spacial score (nSPS) is 9.08. The SMILES string of the molecule is C=CCC(CO)CO.CCCC. The second-order valence-corrected chi connectivity index (χ2v) is 2.76. The summed E-state index contributed by atoms with van der Waals surface area (Å²) in [5.41, 5.74) is 0. The summed E-state index contributed by atoms with van der Waals surface area (Å²) in [6.07, 6.45) is 5.02. The summed E-state index contributed by atoms with van der Waals surface area (Å²) in [5.74, 6) is -0.00694. The van der Waals surface area contributed by atoms with Crippen LogP contribution in [0.25, 0.3) is 0 Å². The number of unbranched alkanes of at least 4 members (excludes halogenated alkanes) is 1. The fraction of sp³-hybridized carbons (Fsp3) is 0.800. The Labute approximate surface area is 75.9 Å². The number of allylic oxidation sites excluding steroid dienone is 1. The molecular formula is C10H22O2. The minimum atomic E-state index is -0.00694. The molecule has 74 valence electrons. The van der Waals surface area contributed by atoms with Crippen molar-refractivity contribution in [3.8, 4) is 0 Å². The van der Waals surface area contributed by atoms with Crippen molar-refractivity contribution in [2.24, 2.45) is 5.92 Å². The van der Waals surface area contributed by atoms with E-state index < -0.39 is 0 Å². The maximum absolute atomic E-state index is 8.45. The highest BCUT2D eigenvalue weighted by atomic mass is 16.3. The van der Waals surface area contributed by atoms with E-state index in [-0.39, 0.29) is 19.1 Å². The molecule has 0 radical (unpaired) electrons. The van der Waals surface area contributed by atoms with Gasteiger partial charge in [-0.05, 0) is 6.42 Å². The van der Waals surface area contributed by atoms with Crippen LogP contribution >= 0.6 is 0 Å². The Bertz CT molecular complexity index is 75.9. The second kappa shape index (κ2) is 13.3. The van der Waals surface area contributed by atoms with Crippen LogP contribution < -0.4 is 0 Å². The number of hydrogen-bond donors (Lipinski definition) is 2. The minimum absolute atomic E-state index is 0.00694. The summed E-state index contributed by atoms with van der Waals surface area (Å²) < 4.78 is 0. The van der Waals surface area contributed by atoms with Crippen molar-refractivity contribution >= 4 is 0 Å². The maximum atomic E-state index is 8.45. The number of hydrogen-bond acceptors (Lipinski definition) is 2. The maximum Gasteiger partial charge on any atom is 0.0484 e. The average molecular weight is 174 g/mol. The van der Waals surface area contributed by atoms with E-state index in [1.54, 1.807) is 6.08 Å². The molecule has 0 aromatic rings. The molecule has 0 bridgehead atoms. The molecule has 0 aromatic heterocycles. The van der Waals surface area contributed by atoms with Crippen molar-refractivity contribution < 1.29 is 10.2 Å². The van der Waals surface area contributed by atoms with Gasteiger partial charge in [-0.25, -0.2) is 0 Å². The van der Waals surface area contributed by atoms with Gasteiger partial charge < -0.3 is 10.2 Å². The summed E-state index contributed by atoms with van der Waals surface area (Å²) in [4.78, 5) is 0. The van der Waals surface area contributed by atoms with Crippen LogP contribution in [0, 0.1) is 5.92 Å². The Balaban J connectivity index is 0. The molecule has 2 heteroatoms. The van der Waals surface area contributed by atoms with E-state index in [1.165, 1.54) is 12.8 Å². The Morgan fingerprint density at radius 1 is 1.17 bits per heavy atom. The van der Waals surface area contributed by atoms with Crippen molar-refractivity contribution in [1.82, 2.24) is 0 Å². The molecule has 0 rings (SSSR count). The summed E-state index contributed by atoms with van der Waals surface area (Å²) in [7, 11) is 0. The van der Waals surface area contributed by atoms with E-state index in [2.05, 4.69) is 20.4 Å². The Morgan fingerprint density at radius 2 is 1.58 bits per heavy atom. The largest absolute Gasteiger partial charge is 0.396 e. The van der Waals surface area contributed by atoms with Gasteiger partial charge in [-0.1, -0.05) is 32.8 Å². The molecule has 0 aliphatic carbocycles. The van der Waals surface area contributed by atoms with E-state index in [0.29, 0.717) is 6.42 Å². The molecule has 2 N–H and O–H groups in total. The van der Waals surface area contributed by atoms with E-state index in [9.17, 15) is 0 Å². The molecule has 0 aromatic carbocycles. The van der Waals surface area contributed by atoms with E-state index in [0.717, 1.165) is 0 Å². The molecule has 2 nitrogen and oxygen atoms in total. The smallest absolute Gasteiger partial charge is 0.0484 e. The van der Waals surface area contributed by atoms with Crippen LogP contribution in [0.2, 0.25) is 0 Å². The third kappa shape index (κ3) is 12.3. The van der Waals surface area contributed by atoms with Gasteiger partial charge in [0.25, 0.3) is 0 Å². The highest BCUT2D eigenvalue weighted by Crippen LogP contribution is 1.99. The Morgan fingerprint density at radius 3 is 1.67 bits per heavy atom. The number of aliphatic hydroxyl groups excluding tert-OH is 2. The molecule has 0 heterocycles. The minimum Gasteiger partial charge on any atom is -0.396 e. The lowest BCUT2D eigenvalue weighted by molar-refractivity contribution is 0.152. The lowest BCUT2D eigenvalue weighted by Crippen LogP contribution is -2.08. The van der Waals surface area contributed by atoms with Crippen LogP contribution in [0.3, 0.4) is 0 Å². The molecule has 0 saturated carbocycles. The van der Waals surface area contributed by atoms with E-state index in [1.807, 2.05) is 0 Å². The summed E-state index contributed by atoms with van der Waals surface area (Å²) in [6.45, 7) is 7.92. The van der Waals surface area contributed by atoms with Gasteiger partial charge in [0.2, 0.25) is 0 Å². The lowest BCUT2D eigenvalue weighted by atomic mass is 10.1. The summed E-state index contributed by atoms with van der Waals surface area (Å²) in [5, 5.41) is 16.9. The first-order valence-corrected chi connectivity index (χ1v) is 4.59. The Kier molecular flexibility index (Phi) is 15.7. The molecular weight excluding hydrogens is 152 g/mol. The zero-order valence-corrected chi connectivity index (χ0v) is 8.29. The molecule has 12 heavy (non-hydrogen) atoms. The third-order valence-corrected chi connectivity index (χ3v) is 1.52. The molecule has 0 aliphatic heterocycles. The topological polar surface area (TPSA) is 40.5 Å². The first-order valence-electron chi connectivity index (χ1n) is 4.59. The quantitative estimate of drug-likeness (QED) is 0.626. The zero-order valence-electron chi connectivity index (χ0n) is 8.29. The molecule has 0 spiro atoms. The van der Waals surface area contributed by atoms with Crippen molar-refractivity contribution in [1.29, 1.82) is 0 Å². The van der Waals surface area contributed by atoms with Gasteiger partial charge in [-0.15, -0.1) is 6.58 Å². The van der Waals surface area contributed by atoms with Gasteiger partial charge in [0.05, 0.1) is 0 Å². The van der Waals surface area contributed by atoms with Crippen molar-refractivity contribution in [3.63, 3.8) is 0 Å². The van der Waals surface area contributed by atoms with Crippen molar-refractivity contribution in [3.05, 3.63) is 12.7 Å². The molecule has 0 saturated heterocycles. The van der Waals surface area contributed by atoms with Crippen LogP contribution in [-0.2, 0) is 0 Å². The third-order valence-electron chi connectivity index (χ3n) is 1.52. The molecule has 0 fully saturated rings. The van der Waals surface area contributed by atoms with E-state index >= 15 is 0 Å². The van der Waals surface area contributed by atoms with Crippen LogP contribution in [0.1, 0.15) is 33.1 Å². The fourth-order valence-electron chi connectivity index (χ4n) is 0.443. The van der Waals surface area contributed by atoms with Crippen LogP contribution in [0.15, 0.2) is 12.7 Å². The van der Waals surface area contributed by atoms with Crippen molar-refractivity contribution in [2.45, 2.75) is 33.1 Å². The monoisotopic (exact) mass is 174 g/mol. The van der Waals surface area contributed by atoms with Gasteiger partial charge >= 0.3 is 0 Å². The van der Waals surface area contributed by atoms with Gasteiger partial charge in [0, 0.05) is 19.1 Å².